The number of rotatable bonds is 5. The third kappa shape index (κ3) is 6.53. The molecule has 1 aliphatic heterocycles. The van der Waals surface area contributed by atoms with Gasteiger partial charge in [0.05, 0.1) is 6.20 Å². The molecule has 3 aromatic rings. The predicted molar refractivity (Wildman–Crippen MR) is 152 cm³/mol. The number of likely N-dealkylation sites (N-methyl/N-ethyl adjacent to an activating group) is 1. The zero-order valence-corrected chi connectivity index (χ0v) is 23.0. The zero-order chi connectivity index (χ0) is 27.4. The molecule has 1 aliphatic rings. The Labute approximate surface area is 227 Å². The van der Waals surface area contributed by atoms with E-state index in [0.29, 0.717) is 50.6 Å². The van der Waals surface area contributed by atoms with Crippen LogP contribution < -0.4 is 21.3 Å². The van der Waals surface area contributed by atoms with E-state index in [-0.39, 0.29) is 11.3 Å². The van der Waals surface area contributed by atoms with Crippen molar-refractivity contribution in [3.8, 4) is 0 Å². The summed E-state index contributed by atoms with van der Waals surface area (Å²) in [5.74, 6) is 1.09. The fourth-order valence-electron chi connectivity index (χ4n) is 3.73. The van der Waals surface area contributed by atoms with Gasteiger partial charge in [0.15, 0.2) is 5.82 Å². The van der Waals surface area contributed by atoms with E-state index in [1.54, 1.807) is 37.5 Å². The summed E-state index contributed by atoms with van der Waals surface area (Å²) in [5.41, 5.74) is 8.58. The summed E-state index contributed by atoms with van der Waals surface area (Å²) in [6.45, 7) is 9.51. The van der Waals surface area contributed by atoms with Crippen molar-refractivity contribution in [3.63, 3.8) is 0 Å². The van der Waals surface area contributed by atoms with Crippen LogP contribution in [0.5, 0.6) is 0 Å². The van der Waals surface area contributed by atoms with E-state index in [4.69, 9.17) is 22.3 Å². The van der Waals surface area contributed by atoms with Crippen LogP contribution in [0.3, 0.4) is 0 Å². The average Bonchev–Trinajstić information content (AvgIpc) is 2.87. The highest BCUT2D eigenvalue weighted by atomic mass is 35.5. The summed E-state index contributed by atoms with van der Waals surface area (Å²) in [4.78, 5) is 39.6. The van der Waals surface area contributed by atoms with Gasteiger partial charge in [-0.1, -0.05) is 32.4 Å². The molecule has 1 saturated heterocycles. The Morgan fingerprint density at radius 2 is 1.87 bits per heavy atom. The summed E-state index contributed by atoms with van der Waals surface area (Å²) in [7, 11) is 3.69. The molecule has 12 heteroatoms. The number of hydrogen-bond donors (Lipinski definition) is 3. The molecule has 0 spiro atoms. The van der Waals surface area contributed by atoms with Gasteiger partial charge in [-0.05, 0) is 31.3 Å². The molecule has 4 N–H and O–H groups in total. The van der Waals surface area contributed by atoms with E-state index in [9.17, 15) is 4.79 Å². The lowest BCUT2D eigenvalue weighted by molar-refractivity contribution is 0.0977. The van der Waals surface area contributed by atoms with Crippen LogP contribution in [0.15, 0.2) is 47.5 Å². The third-order valence-electron chi connectivity index (χ3n) is 6.21. The quantitative estimate of drug-likeness (QED) is 0.331. The maximum Gasteiger partial charge on any atom is 0.256 e. The maximum absolute atomic E-state index is 13.1. The molecule has 0 unspecified atom stereocenters. The number of carbonyl (C=O) groups is 1. The number of allylic oxidation sites excluding steroid dienone is 1. The Kier molecular flexibility index (Phi) is 8.08. The van der Waals surface area contributed by atoms with Crippen molar-refractivity contribution in [1.82, 2.24) is 30.2 Å². The number of amidine groups is 1. The summed E-state index contributed by atoms with van der Waals surface area (Å²) < 4.78 is 0. The van der Waals surface area contributed by atoms with Gasteiger partial charge in [0.25, 0.3) is 5.91 Å². The van der Waals surface area contributed by atoms with Crippen molar-refractivity contribution >= 4 is 51.8 Å². The molecule has 200 valence electrons. The number of halogens is 1. The molecule has 0 saturated carbocycles. The number of hydrogen-bond acceptors (Lipinski definition) is 10. The Bertz CT molecular complexity index is 1390. The van der Waals surface area contributed by atoms with Gasteiger partial charge < -0.3 is 26.2 Å². The molecule has 0 atom stereocenters. The van der Waals surface area contributed by atoms with Gasteiger partial charge >= 0.3 is 0 Å². The molecule has 1 amide bonds. The maximum atomic E-state index is 13.1. The first-order valence-corrected chi connectivity index (χ1v) is 12.7. The summed E-state index contributed by atoms with van der Waals surface area (Å²) in [6.07, 6.45) is 4.80. The molecule has 0 aliphatic carbocycles. The van der Waals surface area contributed by atoms with Gasteiger partial charge in [0.1, 0.15) is 23.2 Å². The van der Waals surface area contributed by atoms with Crippen LogP contribution in [-0.4, -0.2) is 76.9 Å². The Morgan fingerprint density at radius 3 is 2.55 bits per heavy atom. The number of carbonyl (C=O) groups excluding carboxylic acids is 1. The van der Waals surface area contributed by atoms with E-state index < -0.39 is 0 Å². The van der Waals surface area contributed by atoms with Gasteiger partial charge in [-0.25, -0.2) is 19.9 Å². The van der Waals surface area contributed by atoms with Crippen LogP contribution in [0.1, 0.15) is 31.1 Å². The highest BCUT2D eigenvalue weighted by Gasteiger charge is 2.19. The first kappa shape index (κ1) is 27.2. The number of benzene rings is 1. The number of amides is 1. The van der Waals surface area contributed by atoms with Crippen LogP contribution >= 0.6 is 11.6 Å². The molecule has 3 heterocycles. The second-order valence-electron chi connectivity index (χ2n) is 10.2. The van der Waals surface area contributed by atoms with Crippen molar-refractivity contribution in [3.05, 3.63) is 53.1 Å². The average molecular weight is 537 g/mol. The van der Waals surface area contributed by atoms with Crippen LogP contribution in [-0.2, 0) is 0 Å². The topological polar surface area (TPSA) is 138 Å². The van der Waals surface area contributed by atoms with Crippen molar-refractivity contribution in [2.24, 2.45) is 16.1 Å². The SMILES string of the molecule is CN=C(C=C(N)C(C)(C)C)NC(=O)c1cc(Cl)cc(Nc2ncnc3cnc(N4CCN(C)CC4)nc23)c1. The van der Waals surface area contributed by atoms with Crippen molar-refractivity contribution in [2.75, 3.05) is 50.5 Å². The number of anilines is 3. The van der Waals surface area contributed by atoms with Gasteiger partial charge in [-0.15, -0.1) is 0 Å². The minimum absolute atomic E-state index is 0.262. The largest absolute Gasteiger partial charge is 0.401 e. The second kappa shape index (κ2) is 11.3. The lowest BCUT2D eigenvalue weighted by Gasteiger charge is -2.32. The van der Waals surface area contributed by atoms with E-state index in [2.05, 4.69) is 47.4 Å². The van der Waals surface area contributed by atoms with E-state index in [1.165, 1.54) is 6.33 Å². The smallest absolute Gasteiger partial charge is 0.256 e. The third-order valence-corrected chi connectivity index (χ3v) is 6.43. The molecule has 4 rings (SSSR count). The highest BCUT2D eigenvalue weighted by Crippen LogP contribution is 2.26. The van der Waals surface area contributed by atoms with E-state index in [1.807, 2.05) is 20.8 Å². The van der Waals surface area contributed by atoms with Gasteiger partial charge in [0, 0.05) is 60.6 Å². The first-order chi connectivity index (χ1) is 18.0. The number of piperazine rings is 1. The number of aliphatic imine (C=N–C) groups is 1. The molecule has 11 nitrogen and oxygen atoms in total. The van der Waals surface area contributed by atoms with Crippen LogP contribution in [0, 0.1) is 5.41 Å². The van der Waals surface area contributed by atoms with E-state index >= 15 is 0 Å². The van der Waals surface area contributed by atoms with Gasteiger partial charge in [0.2, 0.25) is 5.95 Å². The molecular formula is C26H33ClN10O. The number of nitrogens with one attached hydrogen (secondary N) is 2. The van der Waals surface area contributed by atoms with E-state index in [0.717, 1.165) is 26.2 Å². The monoisotopic (exact) mass is 536 g/mol. The molecular weight excluding hydrogens is 504 g/mol. The highest BCUT2D eigenvalue weighted by molar-refractivity contribution is 6.31. The fraction of sp³-hybridized carbons (Fsp3) is 0.385. The lowest BCUT2D eigenvalue weighted by atomic mass is 9.92. The Morgan fingerprint density at radius 1 is 1.13 bits per heavy atom. The number of nitrogens with zero attached hydrogens (tertiary/aromatic N) is 7. The molecule has 0 radical (unpaired) electrons. The molecule has 0 bridgehead atoms. The van der Waals surface area contributed by atoms with Crippen molar-refractivity contribution < 1.29 is 4.79 Å². The number of fused-ring (bicyclic) bond motifs is 1. The Balaban J connectivity index is 1.58. The summed E-state index contributed by atoms with van der Waals surface area (Å²) in [5, 5.41) is 6.42. The predicted octanol–water partition coefficient (Wildman–Crippen LogP) is 3.22. The van der Waals surface area contributed by atoms with Crippen LogP contribution in [0.2, 0.25) is 5.02 Å². The van der Waals surface area contributed by atoms with Crippen molar-refractivity contribution in [2.45, 2.75) is 20.8 Å². The molecule has 2 aromatic heterocycles. The first-order valence-electron chi connectivity index (χ1n) is 12.3. The summed E-state index contributed by atoms with van der Waals surface area (Å²) >= 11 is 6.38. The number of nitrogens with two attached hydrogens (primary N) is 1. The van der Waals surface area contributed by atoms with Gasteiger partial charge in [-0.2, -0.15) is 0 Å². The van der Waals surface area contributed by atoms with Crippen LogP contribution in [0.4, 0.5) is 17.5 Å². The minimum Gasteiger partial charge on any atom is -0.401 e. The lowest BCUT2D eigenvalue weighted by Crippen LogP contribution is -2.45. The molecule has 1 fully saturated rings. The molecule has 38 heavy (non-hydrogen) atoms. The minimum atomic E-state index is -0.374. The number of aromatic nitrogens is 4. The van der Waals surface area contributed by atoms with Crippen molar-refractivity contribution in [1.29, 1.82) is 0 Å². The standard InChI is InChI=1S/C26H33ClN10O/c1-26(2,3)20(28)13-21(29-4)34-24(38)16-10-17(27)12-18(11-16)33-23-22-19(31-15-32-23)14-30-25(35-22)37-8-6-36(5)7-9-37/h10-15H,6-9,28H2,1-5H3,(H,29,34,38)(H,31,32,33). The second-order valence-corrected chi connectivity index (χ2v) is 10.6. The zero-order valence-electron chi connectivity index (χ0n) is 22.3. The molecule has 1 aromatic carbocycles. The van der Waals surface area contributed by atoms with Crippen LogP contribution in [0.25, 0.3) is 11.0 Å². The fourth-order valence-corrected chi connectivity index (χ4v) is 3.97. The summed E-state index contributed by atoms with van der Waals surface area (Å²) in [6, 6.07) is 4.97. The normalized spacial score (nSPS) is 15.6. The Hall–Kier alpha value is -3.83. The van der Waals surface area contributed by atoms with Gasteiger partial charge in [-0.3, -0.25) is 9.79 Å².